The van der Waals surface area contributed by atoms with Gasteiger partial charge in [-0.25, -0.2) is 0 Å². The molecule has 1 fully saturated rings. The average molecular weight is 278 g/mol. The fourth-order valence-electron chi connectivity index (χ4n) is 2.61. The van der Waals surface area contributed by atoms with E-state index in [2.05, 4.69) is 12.2 Å². The molecule has 1 aromatic rings. The Labute approximate surface area is 119 Å². The highest BCUT2D eigenvalue weighted by atomic mass is 16.3. The maximum absolute atomic E-state index is 12.1. The van der Waals surface area contributed by atoms with Crippen LogP contribution in [0.25, 0.3) is 0 Å². The molecule has 2 rings (SSSR count). The molecule has 0 aliphatic heterocycles. The van der Waals surface area contributed by atoms with E-state index in [0.29, 0.717) is 6.04 Å². The normalized spacial score (nSPS) is 22.3. The molecular formula is C15H22N2O3. The summed E-state index contributed by atoms with van der Waals surface area (Å²) in [5.74, 6) is 0.582. The van der Waals surface area contributed by atoms with Crippen LogP contribution in [0, 0.1) is 5.92 Å². The van der Waals surface area contributed by atoms with Gasteiger partial charge < -0.3 is 14.6 Å². The minimum Gasteiger partial charge on any atom is -0.459 e. The van der Waals surface area contributed by atoms with E-state index < -0.39 is 0 Å². The van der Waals surface area contributed by atoms with Crippen LogP contribution in [0.5, 0.6) is 0 Å². The Balaban J connectivity index is 1.78. The molecule has 1 heterocycles. The van der Waals surface area contributed by atoms with Crippen molar-refractivity contribution >= 4 is 11.8 Å². The molecule has 0 bridgehead atoms. The van der Waals surface area contributed by atoms with Crippen LogP contribution >= 0.6 is 0 Å². The van der Waals surface area contributed by atoms with Crippen LogP contribution in [0.4, 0.5) is 0 Å². The average Bonchev–Trinajstić information content (AvgIpc) is 2.98. The Morgan fingerprint density at radius 1 is 1.35 bits per heavy atom. The summed E-state index contributed by atoms with van der Waals surface area (Å²) in [5.41, 5.74) is 0. The summed E-state index contributed by atoms with van der Waals surface area (Å²) in [5, 5.41) is 2.59. The number of nitrogens with one attached hydrogen (secondary N) is 1. The Morgan fingerprint density at radius 3 is 2.65 bits per heavy atom. The van der Waals surface area contributed by atoms with E-state index in [9.17, 15) is 9.59 Å². The van der Waals surface area contributed by atoms with Gasteiger partial charge in [-0.3, -0.25) is 9.59 Å². The van der Waals surface area contributed by atoms with Crippen LogP contribution in [-0.2, 0) is 4.79 Å². The number of likely N-dealkylation sites (N-methyl/N-ethyl adjacent to an activating group) is 1. The van der Waals surface area contributed by atoms with Crippen LogP contribution in [-0.4, -0.2) is 36.3 Å². The van der Waals surface area contributed by atoms with E-state index in [1.807, 2.05) is 7.05 Å². The third-order valence-electron chi connectivity index (χ3n) is 4.07. The molecule has 1 aromatic heterocycles. The van der Waals surface area contributed by atoms with Gasteiger partial charge in [0.2, 0.25) is 5.91 Å². The molecule has 0 atom stereocenters. The van der Waals surface area contributed by atoms with E-state index in [1.54, 1.807) is 17.0 Å². The van der Waals surface area contributed by atoms with Crippen LogP contribution in [0.1, 0.15) is 43.2 Å². The molecule has 1 saturated carbocycles. The molecule has 0 radical (unpaired) electrons. The lowest BCUT2D eigenvalue weighted by atomic mass is 9.87. The molecule has 5 heteroatoms. The Hall–Kier alpha value is -1.78. The molecule has 0 unspecified atom stereocenters. The summed E-state index contributed by atoms with van der Waals surface area (Å²) >= 11 is 0. The second-order valence-corrected chi connectivity index (χ2v) is 5.58. The lowest BCUT2D eigenvalue weighted by Gasteiger charge is -2.33. The molecule has 0 spiro atoms. The third kappa shape index (κ3) is 3.62. The summed E-state index contributed by atoms with van der Waals surface area (Å²) in [7, 11) is 1.82. The topological polar surface area (TPSA) is 62.6 Å². The number of nitrogens with zero attached hydrogens (tertiary/aromatic N) is 1. The molecule has 5 nitrogen and oxygen atoms in total. The van der Waals surface area contributed by atoms with Crippen LogP contribution < -0.4 is 5.32 Å². The number of hydrogen-bond donors (Lipinski definition) is 1. The van der Waals surface area contributed by atoms with Gasteiger partial charge in [0.15, 0.2) is 5.76 Å². The molecule has 1 aliphatic carbocycles. The van der Waals surface area contributed by atoms with Gasteiger partial charge in [-0.2, -0.15) is 0 Å². The molecule has 2 amide bonds. The molecule has 1 aliphatic rings. The maximum Gasteiger partial charge on any atom is 0.287 e. The lowest BCUT2D eigenvalue weighted by Crippen LogP contribution is -2.44. The molecule has 1 N–H and O–H groups in total. The predicted molar refractivity (Wildman–Crippen MR) is 75.2 cm³/mol. The molecule has 110 valence electrons. The highest BCUT2D eigenvalue weighted by Crippen LogP contribution is 2.26. The zero-order chi connectivity index (χ0) is 14.5. The first-order valence-corrected chi connectivity index (χ1v) is 7.15. The zero-order valence-electron chi connectivity index (χ0n) is 12.1. The van der Waals surface area contributed by atoms with Crippen molar-refractivity contribution in [3.05, 3.63) is 24.2 Å². The molecule has 20 heavy (non-hydrogen) atoms. The predicted octanol–water partition coefficient (Wildman–Crippen LogP) is 2.05. The van der Waals surface area contributed by atoms with E-state index in [0.717, 1.165) is 18.8 Å². The largest absolute Gasteiger partial charge is 0.459 e. The van der Waals surface area contributed by atoms with Crippen molar-refractivity contribution < 1.29 is 14.0 Å². The van der Waals surface area contributed by atoms with Gasteiger partial charge in [0, 0.05) is 13.1 Å². The van der Waals surface area contributed by atoms with E-state index >= 15 is 0 Å². The quantitative estimate of drug-likeness (QED) is 0.916. The summed E-state index contributed by atoms with van der Waals surface area (Å²) in [4.78, 5) is 25.5. The standard InChI is InChI=1S/C15H22N2O3/c1-11-5-7-12(8-6-11)17(2)14(18)10-16-15(19)13-4-3-9-20-13/h3-4,9,11-12H,5-8,10H2,1-2H3,(H,16,19). The molecular weight excluding hydrogens is 256 g/mol. The van der Waals surface area contributed by atoms with Crippen molar-refractivity contribution in [2.45, 2.75) is 38.6 Å². The Kier molecular flexibility index (Phi) is 4.82. The Morgan fingerprint density at radius 2 is 2.05 bits per heavy atom. The number of hydrogen-bond acceptors (Lipinski definition) is 3. The van der Waals surface area contributed by atoms with Crippen LogP contribution in [0.3, 0.4) is 0 Å². The summed E-state index contributed by atoms with van der Waals surface area (Å²) in [6.07, 6.45) is 5.87. The van der Waals surface area contributed by atoms with Crippen molar-refractivity contribution in [1.29, 1.82) is 0 Å². The Bertz CT molecular complexity index is 448. The summed E-state index contributed by atoms with van der Waals surface area (Å²) in [6.45, 7) is 2.27. The van der Waals surface area contributed by atoms with E-state index in [4.69, 9.17) is 4.42 Å². The van der Waals surface area contributed by atoms with Gasteiger partial charge in [0.25, 0.3) is 5.91 Å². The van der Waals surface area contributed by atoms with Gasteiger partial charge in [0.1, 0.15) is 0 Å². The first kappa shape index (κ1) is 14.6. The van der Waals surface area contributed by atoms with Gasteiger partial charge >= 0.3 is 0 Å². The van der Waals surface area contributed by atoms with Crippen molar-refractivity contribution in [3.8, 4) is 0 Å². The fraction of sp³-hybridized carbons (Fsp3) is 0.600. The zero-order valence-corrected chi connectivity index (χ0v) is 12.1. The summed E-state index contributed by atoms with van der Waals surface area (Å²) < 4.78 is 4.98. The minimum atomic E-state index is -0.353. The highest BCUT2D eigenvalue weighted by Gasteiger charge is 2.24. The SMILES string of the molecule is CC1CCC(N(C)C(=O)CNC(=O)c2ccco2)CC1. The van der Waals surface area contributed by atoms with Crippen LogP contribution in [0.2, 0.25) is 0 Å². The number of carbonyl (C=O) groups excluding carboxylic acids is 2. The van der Waals surface area contributed by atoms with Crippen LogP contribution in [0.15, 0.2) is 22.8 Å². The van der Waals surface area contributed by atoms with Crippen molar-refractivity contribution in [3.63, 3.8) is 0 Å². The summed E-state index contributed by atoms with van der Waals surface area (Å²) in [6, 6.07) is 3.53. The minimum absolute atomic E-state index is 0.0160. The second-order valence-electron chi connectivity index (χ2n) is 5.58. The number of amides is 2. The highest BCUT2D eigenvalue weighted by molar-refractivity contribution is 5.94. The lowest BCUT2D eigenvalue weighted by molar-refractivity contribution is -0.131. The number of furan rings is 1. The number of rotatable bonds is 4. The third-order valence-corrected chi connectivity index (χ3v) is 4.07. The number of carbonyl (C=O) groups is 2. The van der Waals surface area contributed by atoms with Gasteiger partial charge in [0.05, 0.1) is 12.8 Å². The van der Waals surface area contributed by atoms with Gasteiger partial charge in [-0.05, 0) is 43.7 Å². The molecule has 0 aromatic carbocycles. The van der Waals surface area contributed by atoms with Gasteiger partial charge in [-0.15, -0.1) is 0 Å². The fourth-order valence-corrected chi connectivity index (χ4v) is 2.61. The maximum atomic E-state index is 12.1. The van der Waals surface area contributed by atoms with Crippen molar-refractivity contribution in [2.75, 3.05) is 13.6 Å². The van der Waals surface area contributed by atoms with E-state index in [-0.39, 0.29) is 24.1 Å². The van der Waals surface area contributed by atoms with Crippen molar-refractivity contribution in [1.82, 2.24) is 10.2 Å². The monoisotopic (exact) mass is 278 g/mol. The second kappa shape index (κ2) is 6.59. The van der Waals surface area contributed by atoms with Gasteiger partial charge in [-0.1, -0.05) is 6.92 Å². The first-order valence-electron chi connectivity index (χ1n) is 7.15. The van der Waals surface area contributed by atoms with Crippen molar-refractivity contribution in [2.24, 2.45) is 5.92 Å². The van der Waals surface area contributed by atoms with E-state index in [1.165, 1.54) is 19.1 Å². The first-order chi connectivity index (χ1) is 9.58. The smallest absolute Gasteiger partial charge is 0.287 e. The molecule has 0 saturated heterocycles.